The SMILES string of the molecule is NC(=O)C(N)/N=N/c1ccccc1C(=O)c1ccccn1. The summed E-state index contributed by atoms with van der Waals surface area (Å²) in [5, 5.41) is 7.41. The lowest BCUT2D eigenvalue weighted by molar-refractivity contribution is -0.119. The highest BCUT2D eigenvalue weighted by molar-refractivity contribution is 6.10. The monoisotopic (exact) mass is 283 g/mol. The molecule has 1 atom stereocenters. The Hall–Kier alpha value is -2.93. The van der Waals surface area contributed by atoms with Crippen molar-refractivity contribution in [1.29, 1.82) is 0 Å². The van der Waals surface area contributed by atoms with E-state index in [1.807, 2.05) is 0 Å². The van der Waals surface area contributed by atoms with Crippen LogP contribution in [-0.4, -0.2) is 22.8 Å². The maximum Gasteiger partial charge on any atom is 0.258 e. The van der Waals surface area contributed by atoms with Gasteiger partial charge in [-0.1, -0.05) is 18.2 Å². The molecule has 0 saturated carbocycles. The maximum atomic E-state index is 12.4. The summed E-state index contributed by atoms with van der Waals surface area (Å²) in [6, 6.07) is 11.6. The molecule has 21 heavy (non-hydrogen) atoms. The summed E-state index contributed by atoms with van der Waals surface area (Å²) >= 11 is 0. The zero-order valence-corrected chi connectivity index (χ0v) is 11.0. The summed E-state index contributed by atoms with van der Waals surface area (Å²) in [6.45, 7) is 0. The molecule has 1 aromatic heterocycles. The van der Waals surface area contributed by atoms with Gasteiger partial charge in [0.15, 0.2) is 6.17 Å². The van der Waals surface area contributed by atoms with Gasteiger partial charge in [-0.25, -0.2) is 0 Å². The first-order valence-corrected chi connectivity index (χ1v) is 6.10. The first-order chi connectivity index (χ1) is 10.1. The van der Waals surface area contributed by atoms with Gasteiger partial charge in [-0.3, -0.25) is 14.6 Å². The van der Waals surface area contributed by atoms with Crippen molar-refractivity contribution in [2.45, 2.75) is 6.17 Å². The summed E-state index contributed by atoms with van der Waals surface area (Å²) in [4.78, 5) is 27.2. The summed E-state index contributed by atoms with van der Waals surface area (Å²) in [6.07, 6.45) is 0.281. The number of rotatable bonds is 5. The van der Waals surface area contributed by atoms with Crippen LogP contribution in [0.5, 0.6) is 0 Å². The van der Waals surface area contributed by atoms with E-state index < -0.39 is 12.1 Å². The molecule has 0 radical (unpaired) electrons. The van der Waals surface area contributed by atoms with Gasteiger partial charge < -0.3 is 11.5 Å². The fourth-order valence-corrected chi connectivity index (χ4v) is 1.57. The Morgan fingerprint density at radius 3 is 2.48 bits per heavy atom. The maximum absolute atomic E-state index is 12.4. The Bertz CT molecular complexity index is 685. The van der Waals surface area contributed by atoms with Gasteiger partial charge in [0.25, 0.3) is 5.91 Å². The van der Waals surface area contributed by atoms with Crippen molar-refractivity contribution in [1.82, 2.24) is 4.98 Å². The highest BCUT2D eigenvalue weighted by Crippen LogP contribution is 2.21. The van der Waals surface area contributed by atoms with Crippen LogP contribution in [0, 0.1) is 0 Å². The molecule has 106 valence electrons. The Kier molecular flexibility index (Phi) is 4.47. The molecule has 7 heteroatoms. The standard InChI is InChI=1S/C14H13N5O2/c15-13(14(16)21)19-18-10-6-2-1-5-9(10)12(20)11-7-3-4-8-17-11/h1-8,13H,15H2,(H2,16,21)/b19-18+. The van der Waals surface area contributed by atoms with E-state index >= 15 is 0 Å². The topological polar surface area (TPSA) is 124 Å². The van der Waals surface area contributed by atoms with Crippen LogP contribution in [0.15, 0.2) is 58.9 Å². The van der Waals surface area contributed by atoms with Crippen LogP contribution >= 0.6 is 0 Å². The molecule has 4 N–H and O–H groups in total. The van der Waals surface area contributed by atoms with Crippen molar-refractivity contribution in [3.05, 3.63) is 59.9 Å². The van der Waals surface area contributed by atoms with Crippen molar-refractivity contribution in [3.8, 4) is 0 Å². The number of carbonyl (C=O) groups excluding carboxylic acids is 2. The third kappa shape index (κ3) is 3.54. The van der Waals surface area contributed by atoms with Crippen LogP contribution in [0.25, 0.3) is 0 Å². The second-order valence-electron chi connectivity index (χ2n) is 4.12. The predicted octanol–water partition coefficient (Wildman–Crippen LogP) is 1.17. The summed E-state index contributed by atoms with van der Waals surface area (Å²) in [5.74, 6) is -1.09. The van der Waals surface area contributed by atoms with Crippen LogP contribution in [0.2, 0.25) is 0 Å². The number of carbonyl (C=O) groups is 2. The second kappa shape index (κ2) is 6.49. The van der Waals surface area contributed by atoms with E-state index in [0.29, 0.717) is 16.9 Å². The minimum absolute atomic E-state index is 0.291. The lowest BCUT2D eigenvalue weighted by Gasteiger charge is -2.04. The van der Waals surface area contributed by atoms with E-state index in [9.17, 15) is 9.59 Å². The number of aromatic nitrogens is 1. The smallest absolute Gasteiger partial charge is 0.258 e. The van der Waals surface area contributed by atoms with E-state index in [0.717, 1.165) is 0 Å². The van der Waals surface area contributed by atoms with Gasteiger partial charge in [-0.15, -0.1) is 0 Å². The molecule has 1 heterocycles. The first-order valence-electron chi connectivity index (χ1n) is 6.10. The van der Waals surface area contributed by atoms with E-state index in [2.05, 4.69) is 15.2 Å². The number of nitrogens with zero attached hydrogens (tertiary/aromatic N) is 3. The molecule has 0 spiro atoms. The summed E-state index contributed by atoms with van der Waals surface area (Å²) in [5.41, 5.74) is 11.3. The molecule has 0 bridgehead atoms. The quantitative estimate of drug-likeness (QED) is 0.631. The van der Waals surface area contributed by atoms with Crippen LogP contribution in [0.3, 0.4) is 0 Å². The predicted molar refractivity (Wildman–Crippen MR) is 75.8 cm³/mol. The number of nitrogens with two attached hydrogens (primary N) is 2. The number of pyridine rings is 1. The molecule has 2 aromatic rings. The van der Waals surface area contributed by atoms with Gasteiger partial charge in [0.2, 0.25) is 5.78 Å². The number of amides is 1. The molecule has 0 fully saturated rings. The average molecular weight is 283 g/mol. The van der Waals surface area contributed by atoms with Crippen molar-refractivity contribution in [2.75, 3.05) is 0 Å². The highest BCUT2D eigenvalue weighted by atomic mass is 16.1. The van der Waals surface area contributed by atoms with Gasteiger partial charge in [0.1, 0.15) is 5.69 Å². The molecule has 0 aliphatic heterocycles. The highest BCUT2D eigenvalue weighted by Gasteiger charge is 2.14. The Balaban J connectivity index is 2.33. The van der Waals surface area contributed by atoms with E-state index in [-0.39, 0.29) is 5.78 Å². The van der Waals surface area contributed by atoms with Gasteiger partial charge in [-0.2, -0.15) is 10.2 Å². The molecule has 7 nitrogen and oxygen atoms in total. The average Bonchev–Trinajstić information content (AvgIpc) is 2.53. The van der Waals surface area contributed by atoms with Crippen LogP contribution in [0.4, 0.5) is 5.69 Å². The third-order valence-electron chi connectivity index (χ3n) is 2.63. The van der Waals surface area contributed by atoms with Gasteiger partial charge in [-0.05, 0) is 24.3 Å². The van der Waals surface area contributed by atoms with Crippen LogP contribution in [0.1, 0.15) is 16.1 Å². The number of benzene rings is 1. The number of primary amides is 1. The molecule has 0 aliphatic rings. The number of ketones is 1. The molecular weight excluding hydrogens is 270 g/mol. The Morgan fingerprint density at radius 1 is 1.10 bits per heavy atom. The third-order valence-corrected chi connectivity index (χ3v) is 2.63. The van der Waals surface area contributed by atoms with Crippen molar-refractivity contribution in [3.63, 3.8) is 0 Å². The Morgan fingerprint density at radius 2 is 1.81 bits per heavy atom. The zero-order valence-electron chi connectivity index (χ0n) is 11.0. The molecule has 1 aromatic carbocycles. The van der Waals surface area contributed by atoms with Gasteiger partial charge in [0, 0.05) is 6.20 Å². The van der Waals surface area contributed by atoms with E-state index in [1.165, 1.54) is 6.20 Å². The largest absolute Gasteiger partial charge is 0.367 e. The minimum Gasteiger partial charge on any atom is -0.367 e. The number of azo groups is 1. The summed E-state index contributed by atoms with van der Waals surface area (Å²) < 4.78 is 0. The van der Waals surface area contributed by atoms with Crippen LogP contribution < -0.4 is 11.5 Å². The molecule has 2 rings (SSSR count). The molecule has 1 amide bonds. The minimum atomic E-state index is -1.25. The molecular formula is C14H13N5O2. The fraction of sp³-hybridized carbons (Fsp3) is 0.0714. The van der Waals surface area contributed by atoms with Crippen molar-refractivity contribution in [2.24, 2.45) is 21.7 Å². The fourth-order valence-electron chi connectivity index (χ4n) is 1.57. The van der Waals surface area contributed by atoms with E-state index in [4.69, 9.17) is 11.5 Å². The second-order valence-corrected chi connectivity index (χ2v) is 4.12. The molecule has 0 saturated heterocycles. The lowest BCUT2D eigenvalue weighted by atomic mass is 10.1. The Labute approximate surface area is 120 Å². The van der Waals surface area contributed by atoms with Crippen molar-refractivity contribution >= 4 is 17.4 Å². The first kappa shape index (κ1) is 14.5. The van der Waals surface area contributed by atoms with Gasteiger partial charge >= 0.3 is 0 Å². The summed E-state index contributed by atoms with van der Waals surface area (Å²) in [7, 11) is 0. The number of hydrogen-bond acceptors (Lipinski definition) is 6. The normalized spacial score (nSPS) is 12.2. The van der Waals surface area contributed by atoms with Crippen LogP contribution in [-0.2, 0) is 4.79 Å². The van der Waals surface area contributed by atoms with Crippen molar-refractivity contribution < 1.29 is 9.59 Å². The zero-order chi connectivity index (χ0) is 15.2. The molecule has 0 aliphatic carbocycles. The molecule has 1 unspecified atom stereocenters. The lowest BCUT2D eigenvalue weighted by Crippen LogP contribution is -2.34. The van der Waals surface area contributed by atoms with Gasteiger partial charge in [0.05, 0.1) is 11.3 Å². The van der Waals surface area contributed by atoms with E-state index in [1.54, 1.807) is 42.5 Å². The number of hydrogen-bond donors (Lipinski definition) is 2.